The molecule has 0 aliphatic heterocycles. The highest BCUT2D eigenvalue weighted by atomic mass is 19.3. The third kappa shape index (κ3) is 2.81. The van der Waals surface area contributed by atoms with Crippen molar-refractivity contribution in [1.29, 1.82) is 0 Å². The van der Waals surface area contributed by atoms with Crippen LogP contribution in [0.15, 0.2) is 0 Å². The summed E-state index contributed by atoms with van der Waals surface area (Å²) >= 11 is 0. The van der Waals surface area contributed by atoms with Crippen molar-refractivity contribution in [2.45, 2.75) is 25.8 Å². The van der Waals surface area contributed by atoms with Crippen LogP contribution in [0.5, 0.6) is 0 Å². The maximum absolute atomic E-state index is 11.6. The minimum atomic E-state index is -3.19. The quantitative estimate of drug-likeness (QED) is 0.655. The summed E-state index contributed by atoms with van der Waals surface area (Å²) in [5, 5.41) is 10.1. The van der Waals surface area contributed by atoms with E-state index in [2.05, 4.69) is 0 Å². The van der Waals surface area contributed by atoms with Gasteiger partial charge in [-0.1, -0.05) is 0 Å². The third-order valence-electron chi connectivity index (χ3n) is 1.17. The van der Waals surface area contributed by atoms with Gasteiger partial charge in [0.2, 0.25) is 0 Å². The maximum atomic E-state index is 11.6. The molecule has 0 saturated heterocycles. The molecule has 0 spiro atoms. The van der Waals surface area contributed by atoms with E-state index in [-0.39, 0.29) is 0 Å². The van der Waals surface area contributed by atoms with Gasteiger partial charge in [0.05, 0.1) is 0 Å². The molecule has 0 aromatic carbocycles. The van der Waals surface area contributed by atoms with Gasteiger partial charge in [-0.25, -0.2) is 4.79 Å². The van der Waals surface area contributed by atoms with Crippen molar-refractivity contribution < 1.29 is 23.5 Å². The van der Waals surface area contributed by atoms with E-state index in [0.29, 0.717) is 0 Å². The highest BCUT2D eigenvalue weighted by Gasteiger charge is 2.31. The van der Waals surface area contributed by atoms with Crippen molar-refractivity contribution in [2.24, 2.45) is 0 Å². The van der Waals surface area contributed by atoms with Crippen LogP contribution < -0.4 is 5.32 Å². The Bertz CT molecular complexity index is 203. The molecule has 70 valence electrons. The lowest BCUT2D eigenvalue weighted by Crippen LogP contribution is -2.51. The number of halogens is 2. The van der Waals surface area contributed by atoms with Crippen LogP contribution in [0.4, 0.5) is 8.78 Å². The Morgan fingerprint density at radius 2 is 1.83 bits per heavy atom. The highest BCUT2D eigenvalue weighted by Crippen LogP contribution is 2.03. The molecule has 6 heteroatoms. The Balaban J connectivity index is 4.25. The van der Waals surface area contributed by atoms with E-state index in [1.807, 2.05) is 0 Å². The van der Waals surface area contributed by atoms with Crippen LogP contribution in [0, 0.1) is 0 Å². The Labute approximate surface area is 67.6 Å². The fourth-order valence-corrected chi connectivity index (χ4v) is 0.416. The minimum absolute atomic E-state index is 1.12. The van der Waals surface area contributed by atoms with Gasteiger partial charge in [-0.15, -0.1) is 0 Å². The Morgan fingerprint density at radius 3 is 2.08 bits per heavy atom. The minimum Gasteiger partial charge on any atom is -0.480 e. The predicted molar refractivity (Wildman–Crippen MR) is 35.9 cm³/mol. The van der Waals surface area contributed by atoms with E-state index >= 15 is 0 Å². The Kier molecular flexibility index (Phi) is 3.12. The molecular formula is C6H9F2NO3. The standard InChI is InChI=1S/C6H9F2NO3/c1-6(2,5(11)12)9-4(10)3(7)8/h3H,1-2H3,(H,9,10)(H,11,12). The summed E-state index contributed by atoms with van der Waals surface area (Å²) in [7, 11) is 0. The second-order valence-corrected chi connectivity index (χ2v) is 2.72. The molecular weight excluding hydrogens is 172 g/mol. The smallest absolute Gasteiger partial charge is 0.328 e. The Hall–Kier alpha value is -1.20. The van der Waals surface area contributed by atoms with Gasteiger partial charge in [-0.3, -0.25) is 4.79 Å². The molecule has 0 aromatic heterocycles. The molecule has 1 amide bonds. The first-order valence-electron chi connectivity index (χ1n) is 3.11. The van der Waals surface area contributed by atoms with Crippen molar-refractivity contribution >= 4 is 11.9 Å². The zero-order valence-electron chi connectivity index (χ0n) is 6.60. The number of amides is 1. The van der Waals surface area contributed by atoms with Crippen LogP contribution in [0.25, 0.3) is 0 Å². The molecule has 4 nitrogen and oxygen atoms in total. The van der Waals surface area contributed by atoms with Crippen molar-refractivity contribution in [2.75, 3.05) is 0 Å². The number of nitrogens with one attached hydrogen (secondary N) is 1. The summed E-state index contributed by atoms with van der Waals surface area (Å²) in [5.74, 6) is -2.95. The van der Waals surface area contributed by atoms with Gasteiger partial charge in [-0.2, -0.15) is 8.78 Å². The second-order valence-electron chi connectivity index (χ2n) is 2.72. The zero-order valence-corrected chi connectivity index (χ0v) is 6.60. The van der Waals surface area contributed by atoms with Crippen LogP contribution >= 0.6 is 0 Å². The van der Waals surface area contributed by atoms with E-state index in [0.717, 1.165) is 13.8 Å². The lowest BCUT2D eigenvalue weighted by Gasteiger charge is -2.20. The molecule has 0 atom stereocenters. The summed E-state index contributed by atoms with van der Waals surface area (Å²) in [4.78, 5) is 20.7. The molecule has 0 heterocycles. The molecule has 12 heavy (non-hydrogen) atoms. The monoisotopic (exact) mass is 181 g/mol. The number of carboxylic acids is 1. The molecule has 2 N–H and O–H groups in total. The lowest BCUT2D eigenvalue weighted by molar-refractivity contribution is -0.148. The summed E-state index contributed by atoms with van der Waals surface area (Å²) in [6, 6.07) is 0. The van der Waals surface area contributed by atoms with E-state index in [4.69, 9.17) is 5.11 Å². The number of hydrogen-bond acceptors (Lipinski definition) is 2. The van der Waals surface area contributed by atoms with Gasteiger partial charge in [0, 0.05) is 0 Å². The maximum Gasteiger partial charge on any atom is 0.328 e. The number of rotatable bonds is 3. The molecule has 0 rings (SSSR count). The molecule has 0 radical (unpaired) electrons. The molecule has 0 bridgehead atoms. The number of alkyl halides is 2. The highest BCUT2D eigenvalue weighted by molar-refractivity contribution is 5.87. The number of hydrogen-bond donors (Lipinski definition) is 2. The van der Waals surface area contributed by atoms with Crippen LogP contribution in [0.1, 0.15) is 13.8 Å². The molecule has 0 saturated carbocycles. The largest absolute Gasteiger partial charge is 0.480 e. The van der Waals surface area contributed by atoms with Gasteiger partial charge >= 0.3 is 12.4 Å². The second kappa shape index (κ2) is 3.46. The fourth-order valence-electron chi connectivity index (χ4n) is 0.416. The van der Waals surface area contributed by atoms with Crippen LogP contribution in [0.3, 0.4) is 0 Å². The van der Waals surface area contributed by atoms with Crippen molar-refractivity contribution in [1.82, 2.24) is 5.32 Å². The van der Waals surface area contributed by atoms with Crippen LogP contribution in [-0.2, 0) is 9.59 Å². The topological polar surface area (TPSA) is 66.4 Å². The molecule has 0 aromatic rings. The van der Waals surface area contributed by atoms with Crippen LogP contribution in [0.2, 0.25) is 0 Å². The summed E-state index contributed by atoms with van der Waals surface area (Å²) in [6.45, 7) is 2.24. The zero-order chi connectivity index (χ0) is 9.94. The predicted octanol–water partition coefficient (Wildman–Crippen LogP) is 0.231. The van der Waals surface area contributed by atoms with Crippen molar-refractivity contribution in [3.05, 3.63) is 0 Å². The van der Waals surface area contributed by atoms with E-state index < -0.39 is 23.8 Å². The van der Waals surface area contributed by atoms with Gasteiger partial charge in [0.1, 0.15) is 5.54 Å². The number of carbonyl (C=O) groups excluding carboxylic acids is 1. The van der Waals surface area contributed by atoms with Crippen molar-refractivity contribution in [3.63, 3.8) is 0 Å². The first-order valence-corrected chi connectivity index (χ1v) is 3.11. The van der Waals surface area contributed by atoms with Gasteiger partial charge in [0.15, 0.2) is 0 Å². The van der Waals surface area contributed by atoms with E-state index in [1.165, 1.54) is 0 Å². The first kappa shape index (κ1) is 10.8. The molecule has 0 unspecified atom stereocenters. The average Bonchev–Trinajstić information content (AvgIpc) is 1.85. The van der Waals surface area contributed by atoms with Crippen molar-refractivity contribution in [3.8, 4) is 0 Å². The average molecular weight is 181 g/mol. The molecule has 0 aliphatic carbocycles. The van der Waals surface area contributed by atoms with Gasteiger partial charge < -0.3 is 10.4 Å². The van der Waals surface area contributed by atoms with Gasteiger partial charge in [0.25, 0.3) is 5.91 Å². The molecule has 0 aliphatic rings. The summed E-state index contributed by atoms with van der Waals surface area (Å²) < 4.78 is 23.2. The SMILES string of the molecule is CC(C)(NC(=O)C(F)F)C(=O)O. The van der Waals surface area contributed by atoms with Gasteiger partial charge in [-0.05, 0) is 13.8 Å². The van der Waals surface area contributed by atoms with E-state index in [1.54, 1.807) is 5.32 Å². The summed E-state index contributed by atoms with van der Waals surface area (Å²) in [5.41, 5.74) is -1.66. The number of carbonyl (C=O) groups is 2. The fraction of sp³-hybridized carbons (Fsp3) is 0.667. The lowest BCUT2D eigenvalue weighted by atomic mass is 10.1. The number of carboxylic acid groups (broad SMARTS) is 1. The first-order chi connectivity index (χ1) is 5.27. The summed E-state index contributed by atoms with van der Waals surface area (Å²) in [6.07, 6.45) is -3.19. The normalized spacial score (nSPS) is 11.4. The molecule has 0 fully saturated rings. The number of aliphatic carboxylic acids is 1. The van der Waals surface area contributed by atoms with Crippen LogP contribution in [-0.4, -0.2) is 28.9 Å². The Morgan fingerprint density at radius 1 is 1.42 bits per heavy atom. The van der Waals surface area contributed by atoms with E-state index in [9.17, 15) is 18.4 Å². The third-order valence-corrected chi connectivity index (χ3v) is 1.17.